The standard InChI is InChI=1S/C16H13FN4O3/c17-11-1-4-14(5-2-11)24-15-6-3-12(9-18-15)20-16(22)19-10-13-7-8-23-21-13/h1-9H,10H2,(H2,19,20,22). The molecule has 0 atom stereocenters. The lowest BCUT2D eigenvalue weighted by molar-refractivity contribution is 0.251. The Morgan fingerprint density at radius 3 is 2.67 bits per heavy atom. The van der Waals surface area contributed by atoms with Gasteiger partial charge < -0.3 is 19.9 Å². The largest absolute Gasteiger partial charge is 0.439 e. The van der Waals surface area contributed by atoms with Crippen molar-refractivity contribution in [1.82, 2.24) is 15.5 Å². The highest BCUT2D eigenvalue weighted by atomic mass is 19.1. The van der Waals surface area contributed by atoms with Crippen molar-refractivity contribution < 1.29 is 18.4 Å². The van der Waals surface area contributed by atoms with Crippen molar-refractivity contribution in [1.29, 1.82) is 0 Å². The van der Waals surface area contributed by atoms with Crippen molar-refractivity contribution in [3.63, 3.8) is 0 Å². The van der Waals surface area contributed by atoms with Crippen LogP contribution in [0.1, 0.15) is 5.69 Å². The zero-order chi connectivity index (χ0) is 16.8. The molecule has 2 heterocycles. The summed E-state index contributed by atoms with van der Waals surface area (Å²) in [6, 6.07) is 10.1. The Morgan fingerprint density at radius 2 is 2.00 bits per heavy atom. The van der Waals surface area contributed by atoms with E-state index < -0.39 is 6.03 Å². The van der Waals surface area contributed by atoms with Gasteiger partial charge in [-0.25, -0.2) is 14.2 Å². The van der Waals surface area contributed by atoms with Crippen LogP contribution in [-0.4, -0.2) is 16.2 Å². The fraction of sp³-hybridized carbons (Fsp3) is 0.0625. The van der Waals surface area contributed by atoms with E-state index in [1.165, 1.54) is 36.7 Å². The number of hydrogen-bond donors (Lipinski definition) is 2. The lowest BCUT2D eigenvalue weighted by Crippen LogP contribution is -2.28. The molecule has 8 heteroatoms. The molecule has 0 aliphatic carbocycles. The smallest absolute Gasteiger partial charge is 0.319 e. The lowest BCUT2D eigenvalue weighted by atomic mass is 10.3. The van der Waals surface area contributed by atoms with E-state index in [1.807, 2.05) is 0 Å². The van der Waals surface area contributed by atoms with Crippen LogP contribution in [0.5, 0.6) is 11.6 Å². The van der Waals surface area contributed by atoms with Crippen LogP contribution in [0.25, 0.3) is 0 Å². The first-order chi connectivity index (χ1) is 11.7. The zero-order valence-electron chi connectivity index (χ0n) is 12.4. The number of ether oxygens (including phenoxy) is 1. The normalized spacial score (nSPS) is 10.2. The highest BCUT2D eigenvalue weighted by molar-refractivity contribution is 5.88. The SMILES string of the molecule is O=C(NCc1ccon1)Nc1ccc(Oc2ccc(F)cc2)nc1. The van der Waals surface area contributed by atoms with Crippen LogP contribution >= 0.6 is 0 Å². The molecule has 0 aliphatic heterocycles. The molecule has 0 radical (unpaired) electrons. The Kier molecular flexibility index (Phi) is 4.66. The number of rotatable bonds is 5. The molecular formula is C16H13FN4O3. The quantitative estimate of drug-likeness (QED) is 0.750. The van der Waals surface area contributed by atoms with Gasteiger partial charge in [0.25, 0.3) is 0 Å². The molecule has 0 bridgehead atoms. The van der Waals surface area contributed by atoms with E-state index in [-0.39, 0.29) is 12.4 Å². The Bertz CT molecular complexity index is 789. The van der Waals surface area contributed by atoms with E-state index in [9.17, 15) is 9.18 Å². The highest BCUT2D eigenvalue weighted by Crippen LogP contribution is 2.20. The van der Waals surface area contributed by atoms with Gasteiger partial charge in [0, 0.05) is 12.1 Å². The number of nitrogens with zero attached hydrogens (tertiary/aromatic N) is 2. The van der Waals surface area contributed by atoms with E-state index in [2.05, 4.69) is 25.3 Å². The topological polar surface area (TPSA) is 89.3 Å². The second-order valence-corrected chi connectivity index (χ2v) is 4.74. The van der Waals surface area contributed by atoms with Gasteiger partial charge in [-0.3, -0.25) is 0 Å². The van der Waals surface area contributed by atoms with Crippen molar-refractivity contribution in [2.45, 2.75) is 6.54 Å². The monoisotopic (exact) mass is 328 g/mol. The third-order valence-electron chi connectivity index (χ3n) is 2.95. The summed E-state index contributed by atoms with van der Waals surface area (Å²) >= 11 is 0. The predicted molar refractivity (Wildman–Crippen MR) is 83.1 cm³/mol. The second-order valence-electron chi connectivity index (χ2n) is 4.74. The Morgan fingerprint density at radius 1 is 1.17 bits per heavy atom. The van der Waals surface area contributed by atoms with E-state index in [0.29, 0.717) is 23.0 Å². The number of amides is 2. The van der Waals surface area contributed by atoms with Gasteiger partial charge >= 0.3 is 6.03 Å². The molecule has 0 aliphatic rings. The van der Waals surface area contributed by atoms with Crippen LogP contribution in [0.3, 0.4) is 0 Å². The maximum absolute atomic E-state index is 12.8. The summed E-state index contributed by atoms with van der Waals surface area (Å²) in [7, 11) is 0. The molecule has 0 unspecified atom stereocenters. The van der Waals surface area contributed by atoms with Crippen LogP contribution < -0.4 is 15.4 Å². The van der Waals surface area contributed by atoms with Gasteiger partial charge in [-0.1, -0.05) is 5.16 Å². The number of pyridine rings is 1. The molecule has 0 fully saturated rings. The minimum Gasteiger partial charge on any atom is -0.439 e. The first kappa shape index (κ1) is 15.5. The summed E-state index contributed by atoms with van der Waals surface area (Å²) < 4.78 is 23.0. The summed E-state index contributed by atoms with van der Waals surface area (Å²) in [6.07, 6.45) is 2.88. The van der Waals surface area contributed by atoms with Gasteiger partial charge in [0.05, 0.1) is 18.4 Å². The number of hydrogen-bond acceptors (Lipinski definition) is 5. The molecule has 0 saturated heterocycles. The minimum absolute atomic E-state index is 0.252. The van der Waals surface area contributed by atoms with Crippen molar-refractivity contribution in [3.05, 3.63) is 66.4 Å². The van der Waals surface area contributed by atoms with Gasteiger partial charge in [-0.05, 0) is 30.3 Å². The van der Waals surface area contributed by atoms with Crippen molar-refractivity contribution >= 4 is 11.7 Å². The number of benzene rings is 1. The second kappa shape index (κ2) is 7.23. The van der Waals surface area contributed by atoms with Gasteiger partial charge in [0.1, 0.15) is 23.5 Å². The third kappa shape index (κ3) is 4.29. The number of anilines is 1. The zero-order valence-corrected chi connectivity index (χ0v) is 12.4. The van der Waals surface area contributed by atoms with Gasteiger partial charge in [-0.2, -0.15) is 0 Å². The number of carbonyl (C=O) groups excluding carboxylic acids is 1. The molecular weight excluding hydrogens is 315 g/mol. The maximum atomic E-state index is 12.8. The molecule has 2 N–H and O–H groups in total. The minimum atomic E-state index is -0.396. The maximum Gasteiger partial charge on any atom is 0.319 e. The Balaban J connectivity index is 1.52. The van der Waals surface area contributed by atoms with Crippen molar-refractivity contribution in [2.24, 2.45) is 0 Å². The van der Waals surface area contributed by atoms with Crippen molar-refractivity contribution in [3.8, 4) is 11.6 Å². The van der Waals surface area contributed by atoms with Gasteiger partial charge in [-0.15, -0.1) is 0 Å². The fourth-order valence-electron chi connectivity index (χ4n) is 1.81. The van der Waals surface area contributed by atoms with Crippen molar-refractivity contribution in [2.75, 3.05) is 5.32 Å². The summed E-state index contributed by atoms with van der Waals surface area (Å²) in [4.78, 5) is 15.8. The van der Waals surface area contributed by atoms with Crippen LogP contribution in [0.15, 0.2) is 59.4 Å². The van der Waals surface area contributed by atoms with E-state index in [4.69, 9.17) is 4.74 Å². The molecule has 0 spiro atoms. The first-order valence-corrected chi connectivity index (χ1v) is 7.02. The molecule has 2 aromatic heterocycles. The summed E-state index contributed by atoms with van der Waals surface area (Å²) in [5, 5.41) is 8.94. The molecule has 0 saturated carbocycles. The molecule has 7 nitrogen and oxygen atoms in total. The average molecular weight is 328 g/mol. The molecule has 3 aromatic rings. The van der Waals surface area contributed by atoms with E-state index >= 15 is 0 Å². The lowest BCUT2D eigenvalue weighted by Gasteiger charge is -2.08. The van der Waals surface area contributed by atoms with Crippen LogP contribution in [0.2, 0.25) is 0 Å². The highest BCUT2D eigenvalue weighted by Gasteiger charge is 2.05. The number of urea groups is 1. The van der Waals surface area contributed by atoms with Crippen LogP contribution in [-0.2, 0) is 6.54 Å². The summed E-state index contributed by atoms with van der Waals surface area (Å²) in [5.74, 6) is 0.455. The Hall–Kier alpha value is -3.42. The molecule has 3 rings (SSSR count). The van der Waals surface area contributed by atoms with Crippen LogP contribution in [0, 0.1) is 5.82 Å². The summed E-state index contributed by atoms with van der Waals surface area (Å²) in [5.41, 5.74) is 1.12. The molecule has 2 amide bonds. The van der Waals surface area contributed by atoms with Crippen LogP contribution in [0.4, 0.5) is 14.9 Å². The fourth-order valence-corrected chi connectivity index (χ4v) is 1.81. The summed E-state index contributed by atoms with van der Waals surface area (Å²) in [6.45, 7) is 0.252. The number of nitrogens with one attached hydrogen (secondary N) is 2. The van der Waals surface area contributed by atoms with E-state index in [1.54, 1.807) is 18.2 Å². The molecule has 1 aromatic carbocycles. The Labute approximate surface area is 136 Å². The molecule has 122 valence electrons. The third-order valence-corrected chi connectivity index (χ3v) is 2.95. The van der Waals surface area contributed by atoms with Gasteiger partial charge in [0.2, 0.25) is 5.88 Å². The first-order valence-electron chi connectivity index (χ1n) is 7.02. The average Bonchev–Trinajstić information content (AvgIpc) is 3.10. The van der Waals surface area contributed by atoms with Gasteiger partial charge in [0.15, 0.2) is 0 Å². The number of aromatic nitrogens is 2. The number of carbonyl (C=O) groups is 1. The number of halogens is 1. The molecule has 24 heavy (non-hydrogen) atoms. The predicted octanol–water partition coefficient (Wildman–Crippen LogP) is 3.32. The van der Waals surface area contributed by atoms with E-state index in [0.717, 1.165) is 0 Å².